The fourth-order valence-electron chi connectivity index (χ4n) is 2.27. The fraction of sp³-hybridized carbons (Fsp3) is 0.263. The average molecular weight is 357 g/mol. The molecule has 0 atom stereocenters. The highest BCUT2D eigenvalue weighted by Crippen LogP contribution is 2.19. The van der Waals surface area contributed by atoms with E-state index in [1.807, 2.05) is 56.4 Å². The first-order chi connectivity index (χ1) is 12.1. The van der Waals surface area contributed by atoms with E-state index >= 15 is 0 Å². The van der Waals surface area contributed by atoms with E-state index in [0.29, 0.717) is 0 Å². The number of aliphatic hydroxyl groups is 1. The molecule has 0 radical (unpaired) electrons. The normalized spacial score (nSPS) is 11.2. The van der Waals surface area contributed by atoms with E-state index < -0.39 is 0 Å². The number of hydrogen-bond acceptors (Lipinski definition) is 5. The first-order valence-electron chi connectivity index (χ1n) is 8.05. The van der Waals surface area contributed by atoms with Gasteiger partial charge < -0.3 is 15.3 Å². The lowest BCUT2D eigenvalue weighted by atomic mass is 10.1. The Morgan fingerprint density at radius 1 is 1.24 bits per heavy atom. The number of anilines is 1. The molecule has 0 saturated heterocycles. The molecule has 0 unspecified atom stereocenters. The Bertz CT molecular complexity index is 720. The minimum absolute atomic E-state index is 0.285. The van der Waals surface area contributed by atoms with E-state index in [1.54, 1.807) is 0 Å². The molecule has 0 aliphatic rings. The van der Waals surface area contributed by atoms with Gasteiger partial charge >= 0.3 is 0 Å². The number of nitrogens with one attached hydrogen (secondary N) is 1. The largest absolute Gasteiger partial charge is 0.376 e. The Balaban J connectivity index is 1.98. The number of hydrogen-bond donors (Lipinski definition) is 2. The highest BCUT2D eigenvalue weighted by atomic mass is 32.2. The van der Waals surface area contributed by atoms with Crippen LogP contribution >= 0.6 is 11.8 Å². The molecule has 6 heteroatoms. The summed E-state index contributed by atoms with van der Waals surface area (Å²) < 4.78 is 0. The van der Waals surface area contributed by atoms with Crippen molar-refractivity contribution in [2.24, 2.45) is 0 Å². The Kier molecular flexibility index (Phi) is 7.50. The van der Waals surface area contributed by atoms with Gasteiger partial charge in [0.1, 0.15) is 12.5 Å². The maximum absolute atomic E-state index is 11.5. The van der Waals surface area contributed by atoms with Crippen LogP contribution < -0.4 is 10.2 Å². The van der Waals surface area contributed by atoms with Gasteiger partial charge in [-0.1, -0.05) is 36.4 Å². The number of nitrogens with zero attached hydrogens (tertiary/aromatic N) is 2. The van der Waals surface area contributed by atoms with Crippen LogP contribution in [0.1, 0.15) is 18.2 Å². The highest BCUT2D eigenvalue weighted by molar-refractivity contribution is 8.16. The van der Waals surface area contributed by atoms with Gasteiger partial charge in [0.25, 0.3) is 5.24 Å². The molecule has 0 bridgehead atoms. The van der Waals surface area contributed by atoms with Crippen LogP contribution in [0.2, 0.25) is 0 Å². The quantitative estimate of drug-likeness (QED) is 0.742. The number of carbonyl (C=O) groups is 1. The second-order valence-electron chi connectivity index (χ2n) is 5.56. The number of likely N-dealkylation sites (N-methyl/N-ethyl adjacent to an activating group) is 1. The van der Waals surface area contributed by atoms with Gasteiger partial charge in [0.05, 0.1) is 5.69 Å². The highest BCUT2D eigenvalue weighted by Gasteiger charge is 2.05. The molecule has 2 rings (SSSR count). The molecule has 2 N–H and O–H groups in total. The zero-order valence-corrected chi connectivity index (χ0v) is 15.3. The van der Waals surface area contributed by atoms with Crippen molar-refractivity contribution < 1.29 is 9.90 Å². The molecule has 1 aromatic heterocycles. The molecule has 0 saturated carbocycles. The van der Waals surface area contributed by atoms with Crippen molar-refractivity contribution in [2.45, 2.75) is 13.3 Å². The molecule has 0 fully saturated rings. The van der Waals surface area contributed by atoms with Crippen molar-refractivity contribution in [2.75, 3.05) is 25.2 Å². The van der Waals surface area contributed by atoms with Gasteiger partial charge in [0.2, 0.25) is 0 Å². The maximum Gasteiger partial charge on any atom is 0.285 e. The third-order valence-electron chi connectivity index (χ3n) is 3.55. The first-order valence-corrected chi connectivity index (χ1v) is 8.87. The molecule has 1 aromatic carbocycles. The van der Waals surface area contributed by atoms with Gasteiger partial charge in [-0.3, -0.25) is 4.79 Å². The van der Waals surface area contributed by atoms with Crippen LogP contribution in [0.4, 0.5) is 10.6 Å². The smallest absolute Gasteiger partial charge is 0.285 e. The van der Waals surface area contributed by atoms with Crippen molar-refractivity contribution in [3.63, 3.8) is 0 Å². The number of thioether (sulfide) groups is 1. The summed E-state index contributed by atoms with van der Waals surface area (Å²) in [5.41, 5.74) is 2.10. The monoisotopic (exact) mass is 357 g/mol. The van der Waals surface area contributed by atoms with Crippen molar-refractivity contribution in [3.05, 3.63) is 64.7 Å². The minimum Gasteiger partial charge on any atom is -0.376 e. The third kappa shape index (κ3) is 6.60. The van der Waals surface area contributed by atoms with Gasteiger partial charge in [-0.25, -0.2) is 4.98 Å². The lowest BCUT2D eigenvalue weighted by Gasteiger charge is -2.18. The van der Waals surface area contributed by atoms with Gasteiger partial charge in [-0.15, -0.1) is 0 Å². The van der Waals surface area contributed by atoms with Crippen LogP contribution in [0.15, 0.2) is 53.4 Å². The molecule has 1 amide bonds. The van der Waals surface area contributed by atoms with Crippen LogP contribution in [-0.2, 0) is 6.42 Å². The van der Waals surface area contributed by atoms with Crippen molar-refractivity contribution in [3.8, 4) is 0 Å². The lowest BCUT2D eigenvalue weighted by molar-refractivity contribution is 0.236. The topological polar surface area (TPSA) is 65.5 Å². The van der Waals surface area contributed by atoms with E-state index in [-0.39, 0.29) is 12.0 Å². The minimum atomic E-state index is -0.362. The molecular formula is C19H23N3O2S. The average Bonchev–Trinajstić information content (AvgIpc) is 2.60. The summed E-state index contributed by atoms with van der Waals surface area (Å²) >= 11 is 1.04. The predicted molar refractivity (Wildman–Crippen MR) is 105 cm³/mol. The zero-order valence-electron chi connectivity index (χ0n) is 14.5. The Labute approximate surface area is 152 Å². The zero-order chi connectivity index (χ0) is 18.1. The van der Waals surface area contributed by atoms with Crippen LogP contribution in [0.3, 0.4) is 0 Å². The maximum atomic E-state index is 11.5. The van der Waals surface area contributed by atoms with Gasteiger partial charge in [0, 0.05) is 13.6 Å². The number of rotatable bonds is 7. The van der Waals surface area contributed by atoms with Crippen LogP contribution in [0.25, 0.3) is 6.08 Å². The summed E-state index contributed by atoms with van der Waals surface area (Å²) in [6, 6.07) is 16.2. The molecule has 132 valence electrons. The molecule has 25 heavy (non-hydrogen) atoms. The van der Waals surface area contributed by atoms with E-state index in [2.05, 4.69) is 27.3 Å². The fourth-order valence-corrected chi connectivity index (χ4v) is 2.88. The van der Waals surface area contributed by atoms with Crippen molar-refractivity contribution in [1.29, 1.82) is 0 Å². The van der Waals surface area contributed by atoms with E-state index in [1.165, 1.54) is 5.56 Å². The van der Waals surface area contributed by atoms with E-state index in [9.17, 15) is 4.79 Å². The Morgan fingerprint density at radius 3 is 2.72 bits per heavy atom. The number of aromatic nitrogens is 1. The Morgan fingerprint density at radius 2 is 2.00 bits per heavy atom. The summed E-state index contributed by atoms with van der Waals surface area (Å²) in [5, 5.41) is 10.7. The van der Waals surface area contributed by atoms with Crippen LogP contribution in [0.5, 0.6) is 0 Å². The third-order valence-corrected chi connectivity index (χ3v) is 4.32. The summed E-state index contributed by atoms with van der Waals surface area (Å²) in [6.07, 6.45) is 2.81. The van der Waals surface area contributed by atoms with Gasteiger partial charge in [0.15, 0.2) is 0 Å². The predicted octanol–water partition coefficient (Wildman–Crippen LogP) is 3.51. The number of pyridine rings is 1. The summed E-state index contributed by atoms with van der Waals surface area (Å²) in [7, 11) is 2.02. The van der Waals surface area contributed by atoms with Crippen molar-refractivity contribution >= 4 is 28.9 Å². The molecule has 0 aliphatic heterocycles. The first kappa shape index (κ1) is 19.0. The lowest BCUT2D eigenvalue weighted by Crippen LogP contribution is -2.21. The number of benzene rings is 1. The van der Waals surface area contributed by atoms with E-state index in [4.69, 9.17) is 5.11 Å². The molecule has 2 aromatic rings. The number of allylic oxidation sites excluding steroid dienone is 1. The molecular weight excluding hydrogens is 334 g/mol. The summed E-state index contributed by atoms with van der Waals surface area (Å²) in [4.78, 5) is 19.0. The van der Waals surface area contributed by atoms with Gasteiger partial charge in [-0.05, 0) is 53.8 Å². The Hall–Kier alpha value is -2.31. The number of carbonyl (C=O) groups excluding carboxylic acids is 1. The standard InChI is InChI=1S/C19H23N3O2S/c1-15(25-19(24)20-14-23)13-17-9-6-10-18(21-17)22(2)12-11-16-7-4-3-5-8-16/h3-10,13,23H,11-12,14H2,1-2H3,(H,20,24)/b15-13-. The van der Waals surface area contributed by atoms with Gasteiger partial charge in [-0.2, -0.15) is 0 Å². The van der Waals surface area contributed by atoms with E-state index in [0.717, 1.165) is 41.1 Å². The van der Waals surface area contributed by atoms with Crippen LogP contribution in [0, 0.1) is 0 Å². The van der Waals surface area contributed by atoms with Crippen LogP contribution in [-0.4, -0.2) is 35.7 Å². The molecule has 0 spiro atoms. The number of amides is 1. The summed E-state index contributed by atoms with van der Waals surface area (Å²) in [6.45, 7) is 2.35. The number of aliphatic hydroxyl groups excluding tert-OH is 1. The molecule has 1 heterocycles. The molecule has 5 nitrogen and oxygen atoms in total. The molecule has 0 aliphatic carbocycles. The van der Waals surface area contributed by atoms with Crippen molar-refractivity contribution in [1.82, 2.24) is 10.3 Å². The SMILES string of the molecule is C/C(=C/c1cccc(N(C)CCc2ccccc2)n1)SC(=O)NCO. The second-order valence-corrected chi connectivity index (χ2v) is 6.78. The second kappa shape index (κ2) is 9.86. The summed E-state index contributed by atoms with van der Waals surface area (Å²) in [5.74, 6) is 0.891.